The lowest BCUT2D eigenvalue weighted by Gasteiger charge is -2.36. The minimum absolute atomic E-state index is 0.265. The zero-order valence-electron chi connectivity index (χ0n) is 17.3. The van der Waals surface area contributed by atoms with Gasteiger partial charge < -0.3 is 9.64 Å². The van der Waals surface area contributed by atoms with Gasteiger partial charge in [0.25, 0.3) is 0 Å². The SMILES string of the molecule is COc1ccc(N2CCN(CCC(=O)Cc3nc(-c4ccccc4)cs3)CC2)cc1. The molecule has 156 valence electrons. The number of carbonyl (C=O) groups excluding carboxylic acids is 1. The molecule has 1 aliphatic heterocycles. The molecule has 0 saturated carbocycles. The van der Waals surface area contributed by atoms with Crippen LogP contribution in [0.15, 0.2) is 60.0 Å². The molecular weight excluding hydrogens is 394 g/mol. The van der Waals surface area contributed by atoms with Crippen LogP contribution in [-0.2, 0) is 11.2 Å². The summed E-state index contributed by atoms with van der Waals surface area (Å²) in [7, 11) is 1.69. The van der Waals surface area contributed by atoms with E-state index in [9.17, 15) is 4.79 Å². The van der Waals surface area contributed by atoms with Crippen molar-refractivity contribution in [1.29, 1.82) is 0 Å². The Morgan fingerprint density at radius 3 is 2.47 bits per heavy atom. The number of hydrogen-bond acceptors (Lipinski definition) is 6. The average molecular weight is 422 g/mol. The first-order valence-electron chi connectivity index (χ1n) is 10.3. The fourth-order valence-corrected chi connectivity index (χ4v) is 4.53. The van der Waals surface area contributed by atoms with Crippen LogP contribution in [0, 0.1) is 0 Å². The van der Waals surface area contributed by atoms with Crippen molar-refractivity contribution in [2.45, 2.75) is 12.8 Å². The van der Waals surface area contributed by atoms with Gasteiger partial charge in [-0.25, -0.2) is 4.98 Å². The summed E-state index contributed by atoms with van der Waals surface area (Å²) >= 11 is 1.57. The predicted molar refractivity (Wildman–Crippen MR) is 123 cm³/mol. The fourth-order valence-electron chi connectivity index (χ4n) is 3.70. The van der Waals surface area contributed by atoms with E-state index in [0.717, 1.165) is 54.7 Å². The molecular formula is C24H27N3O2S. The van der Waals surface area contributed by atoms with Gasteiger partial charge >= 0.3 is 0 Å². The first-order chi connectivity index (χ1) is 14.7. The number of rotatable bonds is 8. The van der Waals surface area contributed by atoms with E-state index in [1.165, 1.54) is 5.69 Å². The van der Waals surface area contributed by atoms with E-state index in [2.05, 4.69) is 26.9 Å². The smallest absolute Gasteiger partial charge is 0.140 e. The van der Waals surface area contributed by atoms with Crippen LogP contribution in [0.1, 0.15) is 11.4 Å². The van der Waals surface area contributed by atoms with E-state index in [-0.39, 0.29) is 5.78 Å². The maximum atomic E-state index is 12.5. The van der Waals surface area contributed by atoms with E-state index in [0.29, 0.717) is 12.8 Å². The van der Waals surface area contributed by atoms with Gasteiger partial charge in [0, 0.05) is 55.8 Å². The molecule has 0 bridgehead atoms. The van der Waals surface area contributed by atoms with E-state index < -0.39 is 0 Å². The highest BCUT2D eigenvalue weighted by molar-refractivity contribution is 7.10. The Hall–Kier alpha value is -2.70. The quantitative estimate of drug-likeness (QED) is 0.547. The summed E-state index contributed by atoms with van der Waals surface area (Å²) in [6, 6.07) is 18.3. The van der Waals surface area contributed by atoms with Crippen LogP contribution in [0.25, 0.3) is 11.3 Å². The number of benzene rings is 2. The van der Waals surface area contributed by atoms with Crippen molar-refractivity contribution in [2.75, 3.05) is 44.7 Å². The molecule has 0 unspecified atom stereocenters. The zero-order chi connectivity index (χ0) is 20.8. The summed E-state index contributed by atoms with van der Waals surface area (Å²) in [6.07, 6.45) is 1.02. The van der Waals surface area contributed by atoms with Crippen molar-refractivity contribution >= 4 is 22.8 Å². The molecule has 4 rings (SSSR count). The first-order valence-corrected chi connectivity index (χ1v) is 11.2. The standard InChI is InChI=1S/C24H27N3O2S/c1-29-22-9-7-20(8-10-22)27-15-13-26(14-16-27)12-11-21(28)17-24-25-23(18-30-24)19-5-3-2-4-6-19/h2-10,18H,11-17H2,1H3. The van der Waals surface area contributed by atoms with Crippen molar-refractivity contribution < 1.29 is 9.53 Å². The van der Waals surface area contributed by atoms with Gasteiger partial charge in [-0.05, 0) is 24.3 Å². The number of hydrogen-bond donors (Lipinski definition) is 0. The normalized spacial score (nSPS) is 14.6. The number of anilines is 1. The van der Waals surface area contributed by atoms with Crippen molar-refractivity contribution in [2.24, 2.45) is 0 Å². The number of carbonyl (C=O) groups is 1. The van der Waals surface area contributed by atoms with Gasteiger partial charge in [0.05, 0.1) is 19.2 Å². The molecule has 2 heterocycles. The molecule has 1 fully saturated rings. The largest absolute Gasteiger partial charge is 0.497 e. The number of piperazine rings is 1. The molecule has 0 spiro atoms. The van der Waals surface area contributed by atoms with Crippen molar-refractivity contribution in [3.63, 3.8) is 0 Å². The number of nitrogens with zero attached hydrogens (tertiary/aromatic N) is 3. The molecule has 0 atom stereocenters. The number of ether oxygens (including phenoxy) is 1. The monoisotopic (exact) mass is 421 g/mol. The zero-order valence-corrected chi connectivity index (χ0v) is 18.1. The summed E-state index contributed by atoms with van der Waals surface area (Å²) in [5.41, 5.74) is 3.28. The highest BCUT2D eigenvalue weighted by Crippen LogP contribution is 2.23. The third kappa shape index (κ3) is 5.26. The van der Waals surface area contributed by atoms with Gasteiger partial charge in [-0.1, -0.05) is 30.3 Å². The van der Waals surface area contributed by atoms with Crippen molar-refractivity contribution in [1.82, 2.24) is 9.88 Å². The van der Waals surface area contributed by atoms with Crippen LogP contribution < -0.4 is 9.64 Å². The average Bonchev–Trinajstić information content (AvgIpc) is 3.27. The van der Waals surface area contributed by atoms with E-state index in [1.807, 2.05) is 47.8 Å². The second-order valence-electron chi connectivity index (χ2n) is 7.48. The number of methoxy groups -OCH3 is 1. The maximum absolute atomic E-state index is 12.5. The van der Waals surface area contributed by atoms with Crippen LogP contribution in [-0.4, -0.2) is 55.5 Å². The van der Waals surface area contributed by atoms with Gasteiger partial charge in [-0.3, -0.25) is 9.69 Å². The number of thiazole rings is 1. The molecule has 6 heteroatoms. The summed E-state index contributed by atoms with van der Waals surface area (Å²) in [5.74, 6) is 1.15. The molecule has 0 amide bonds. The highest BCUT2D eigenvalue weighted by Gasteiger charge is 2.18. The minimum atomic E-state index is 0.265. The van der Waals surface area contributed by atoms with Crippen molar-refractivity contribution in [3.05, 3.63) is 65.0 Å². The summed E-state index contributed by atoms with van der Waals surface area (Å²) < 4.78 is 5.23. The van der Waals surface area contributed by atoms with Crippen LogP contribution in [0.3, 0.4) is 0 Å². The Labute approximate surface area is 181 Å². The Morgan fingerprint density at radius 2 is 1.77 bits per heavy atom. The second kappa shape index (κ2) is 9.87. The van der Waals surface area contributed by atoms with Gasteiger partial charge in [0.1, 0.15) is 16.5 Å². The van der Waals surface area contributed by atoms with E-state index in [4.69, 9.17) is 4.74 Å². The molecule has 0 radical (unpaired) electrons. The molecule has 5 nitrogen and oxygen atoms in total. The van der Waals surface area contributed by atoms with Crippen LogP contribution in [0.5, 0.6) is 5.75 Å². The lowest BCUT2D eigenvalue weighted by molar-refractivity contribution is -0.118. The molecule has 30 heavy (non-hydrogen) atoms. The molecule has 1 aromatic heterocycles. The lowest BCUT2D eigenvalue weighted by Crippen LogP contribution is -2.46. The lowest BCUT2D eigenvalue weighted by atomic mass is 10.1. The number of Topliss-reactive ketones (excluding diaryl/α,β-unsaturated/α-hetero) is 1. The second-order valence-corrected chi connectivity index (χ2v) is 8.43. The Bertz CT molecular complexity index is 948. The Morgan fingerprint density at radius 1 is 1.03 bits per heavy atom. The topological polar surface area (TPSA) is 45.7 Å². The third-order valence-corrected chi connectivity index (χ3v) is 6.34. The van der Waals surface area contributed by atoms with Crippen LogP contribution >= 0.6 is 11.3 Å². The molecule has 1 aliphatic rings. The molecule has 0 aliphatic carbocycles. The van der Waals surface area contributed by atoms with Crippen molar-refractivity contribution in [3.8, 4) is 17.0 Å². The molecule has 3 aromatic rings. The van der Waals surface area contributed by atoms with Gasteiger partial charge in [-0.15, -0.1) is 11.3 Å². The molecule has 0 N–H and O–H groups in total. The van der Waals surface area contributed by atoms with Gasteiger partial charge in [-0.2, -0.15) is 0 Å². The highest BCUT2D eigenvalue weighted by atomic mass is 32.1. The van der Waals surface area contributed by atoms with Gasteiger partial charge in [0.15, 0.2) is 0 Å². The van der Waals surface area contributed by atoms with E-state index >= 15 is 0 Å². The minimum Gasteiger partial charge on any atom is -0.497 e. The van der Waals surface area contributed by atoms with Crippen LogP contribution in [0.2, 0.25) is 0 Å². The third-order valence-electron chi connectivity index (χ3n) is 5.49. The molecule has 1 saturated heterocycles. The van der Waals surface area contributed by atoms with Gasteiger partial charge in [0.2, 0.25) is 0 Å². The number of aromatic nitrogens is 1. The predicted octanol–water partition coefficient (Wildman–Crippen LogP) is 4.14. The van der Waals surface area contributed by atoms with Crippen LogP contribution in [0.4, 0.5) is 5.69 Å². The summed E-state index contributed by atoms with van der Waals surface area (Å²) in [5, 5.41) is 2.94. The maximum Gasteiger partial charge on any atom is 0.140 e. The number of ketones is 1. The first kappa shape index (κ1) is 20.6. The molecule has 2 aromatic carbocycles. The summed E-state index contributed by atoms with van der Waals surface area (Å²) in [4.78, 5) is 21.9. The van der Waals surface area contributed by atoms with E-state index in [1.54, 1.807) is 18.4 Å². The summed E-state index contributed by atoms with van der Waals surface area (Å²) in [6.45, 7) is 4.75. The Balaban J connectivity index is 1.21. The fraction of sp³-hybridized carbons (Fsp3) is 0.333. The Kier molecular flexibility index (Phi) is 6.77.